The second-order valence-electron chi connectivity index (χ2n) is 4.70. The van der Waals surface area contributed by atoms with E-state index in [1.165, 1.54) is 11.1 Å². The summed E-state index contributed by atoms with van der Waals surface area (Å²) in [5.41, 5.74) is 3.77. The first-order chi connectivity index (χ1) is 9.13. The van der Waals surface area contributed by atoms with E-state index >= 15 is 0 Å². The van der Waals surface area contributed by atoms with Crippen LogP contribution in [0, 0.1) is 0 Å². The first-order valence-corrected chi connectivity index (χ1v) is 8.10. The van der Waals surface area contributed by atoms with Gasteiger partial charge in [0.15, 0.2) is 0 Å². The van der Waals surface area contributed by atoms with Crippen LogP contribution in [0.2, 0.25) is 5.02 Å². The normalized spacial score (nSPS) is 17.3. The summed E-state index contributed by atoms with van der Waals surface area (Å²) < 4.78 is 2.18. The Balaban J connectivity index is 1.88. The molecule has 0 saturated heterocycles. The van der Waals surface area contributed by atoms with Gasteiger partial charge in [0.05, 0.1) is 16.8 Å². The lowest BCUT2D eigenvalue weighted by Gasteiger charge is -2.17. The first-order valence-electron chi connectivity index (χ1n) is 6.13. The topological polar surface area (TPSA) is 12.0 Å². The molecule has 1 atom stereocenters. The van der Waals surface area contributed by atoms with Gasteiger partial charge in [0.1, 0.15) is 0 Å². The van der Waals surface area contributed by atoms with Crippen LogP contribution in [0.5, 0.6) is 0 Å². The molecule has 4 heteroatoms. The van der Waals surface area contributed by atoms with Gasteiger partial charge in [0, 0.05) is 8.95 Å². The second-order valence-corrected chi connectivity index (χ2v) is 6.94. The van der Waals surface area contributed by atoms with Crippen molar-refractivity contribution in [3.05, 3.63) is 61.5 Å². The van der Waals surface area contributed by atoms with Crippen LogP contribution < -0.4 is 5.32 Å². The lowest BCUT2D eigenvalue weighted by molar-refractivity contribution is 0.762. The third-order valence-corrected chi connectivity index (χ3v) is 4.76. The molecule has 0 aliphatic heterocycles. The van der Waals surface area contributed by atoms with Gasteiger partial charge in [-0.25, -0.2) is 0 Å². The fourth-order valence-electron chi connectivity index (χ4n) is 2.53. The number of benzene rings is 2. The van der Waals surface area contributed by atoms with Gasteiger partial charge in [-0.3, -0.25) is 0 Å². The summed E-state index contributed by atoms with van der Waals surface area (Å²) in [4.78, 5) is 0. The molecular formula is C15H12Br2ClN. The Kier molecular flexibility index (Phi) is 3.88. The molecule has 1 unspecified atom stereocenters. The van der Waals surface area contributed by atoms with Crippen LogP contribution in [0.25, 0.3) is 0 Å². The number of hydrogen-bond acceptors (Lipinski definition) is 1. The molecule has 0 saturated carbocycles. The summed E-state index contributed by atoms with van der Waals surface area (Å²) in [6.07, 6.45) is 2.21. The van der Waals surface area contributed by atoms with Crippen molar-refractivity contribution in [2.75, 3.05) is 5.32 Å². The number of halogens is 3. The molecule has 0 bridgehead atoms. The monoisotopic (exact) mass is 399 g/mol. The molecule has 2 aromatic rings. The zero-order valence-electron chi connectivity index (χ0n) is 10.1. The fraction of sp³-hybridized carbons (Fsp3) is 0.200. The van der Waals surface area contributed by atoms with Gasteiger partial charge in [-0.1, -0.05) is 49.5 Å². The standard InChI is InChI=1S/C15H12Br2ClN/c16-10-2-4-12-9(7-10)1-6-14(12)19-15-8-11(17)3-5-13(15)18/h2-5,7-8,14,19H,1,6H2. The van der Waals surface area contributed by atoms with E-state index in [0.29, 0.717) is 6.04 Å². The maximum absolute atomic E-state index is 6.24. The number of aryl methyl sites for hydroxylation is 1. The number of fused-ring (bicyclic) bond motifs is 1. The largest absolute Gasteiger partial charge is 0.377 e. The minimum atomic E-state index is 0.342. The molecule has 98 valence electrons. The van der Waals surface area contributed by atoms with Gasteiger partial charge in [-0.05, 0) is 54.3 Å². The number of hydrogen-bond donors (Lipinski definition) is 1. The molecule has 0 spiro atoms. The summed E-state index contributed by atoms with van der Waals surface area (Å²) in [5, 5.41) is 4.31. The molecule has 1 nitrogen and oxygen atoms in total. The zero-order valence-corrected chi connectivity index (χ0v) is 14.0. The van der Waals surface area contributed by atoms with Crippen molar-refractivity contribution in [3.8, 4) is 0 Å². The van der Waals surface area contributed by atoms with Crippen LogP contribution >= 0.6 is 43.5 Å². The first kappa shape index (κ1) is 13.5. The molecule has 1 aliphatic rings. The smallest absolute Gasteiger partial charge is 0.0638 e. The van der Waals surface area contributed by atoms with E-state index in [9.17, 15) is 0 Å². The number of nitrogens with one attached hydrogen (secondary N) is 1. The molecular weight excluding hydrogens is 389 g/mol. The molecule has 19 heavy (non-hydrogen) atoms. The van der Waals surface area contributed by atoms with Crippen LogP contribution in [0.1, 0.15) is 23.6 Å². The van der Waals surface area contributed by atoms with E-state index in [0.717, 1.165) is 32.5 Å². The summed E-state index contributed by atoms with van der Waals surface area (Å²) in [6.45, 7) is 0. The van der Waals surface area contributed by atoms with E-state index < -0.39 is 0 Å². The number of anilines is 1. The van der Waals surface area contributed by atoms with E-state index in [2.05, 4.69) is 55.4 Å². The minimum Gasteiger partial charge on any atom is -0.377 e. The summed E-state index contributed by atoms with van der Waals surface area (Å²) in [5.74, 6) is 0. The predicted octanol–water partition coefficient (Wildman–Crippen LogP) is 5.96. The van der Waals surface area contributed by atoms with E-state index in [1.54, 1.807) is 0 Å². The van der Waals surface area contributed by atoms with E-state index in [-0.39, 0.29) is 0 Å². The Hall–Kier alpha value is -0.510. The van der Waals surface area contributed by atoms with E-state index in [4.69, 9.17) is 11.6 Å². The van der Waals surface area contributed by atoms with Crippen molar-refractivity contribution in [2.24, 2.45) is 0 Å². The zero-order chi connectivity index (χ0) is 13.4. The van der Waals surface area contributed by atoms with Gasteiger partial charge in [0.2, 0.25) is 0 Å². The quantitative estimate of drug-likeness (QED) is 0.654. The Morgan fingerprint density at radius 2 is 1.79 bits per heavy atom. The van der Waals surface area contributed by atoms with Crippen molar-refractivity contribution in [1.29, 1.82) is 0 Å². The lowest BCUT2D eigenvalue weighted by atomic mass is 10.1. The average Bonchev–Trinajstić information content (AvgIpc) is 2.76. The van der Waals surface area contributed by atoms with Crippen molar-refractivity contribution in [3.63, 3.8) is 0 Å². The number of rotatable bonds is 2. The summed E-state index contributed by atoms with van der Waals surface area (Å²) >= 11 is 13.2. The molecule has 0 fully saturated rings. The van der Waals surface area contributed by atoms with Crippen LogP contribution in [0.3, 0.4) is 0 Å². The third kappa shape index (κ3) is 2.83. The van der Waals surface area contributed by atoms with Crippen molar-refractivity contribution < 1.29 is 0 Å². The molecule has 0 heterocycles. The van der Waals surface area contributed by atoms with Crippen molar-refractivity contribution >= 4 is 49.1 Å². The van der Waals surface area contributed by atoms with Crippen LogP contribution in [-0.4, -0.2) is 0 Å². The molecule has 0 radical (unpaired) electrons. The highest BCUT2D eigenvalue weighted by atomic mass is 79.9. The molecule has 0 aromatic heterocycles. The highest BCUT2D eigenvalue weighted by Gasteiger charge is 2.22. The molecule has 1 aliphatic carbocycles. The Bertz CT molecular complexity index is 628. The van der Waals surface area contributed by atoms with Crippen molar-refractivity contribution in [2.45, 2.75) is 18.9 Å². The van der Waals surface area contributed by atoms with E-state index in [1.807, 2.05) is 18.2 Å². The Labute approximate surface area is 134 Å². The third-order valence-electron chi connectivity index (χ3n) is 3.44. The highest BCUT2D eigenvalue weighted by molar-refractivity contribution is 9.10. The van der Waals surface area contributed by atoms with Crippen LogP contribution in [0.4, 0.5) is 5.69 Å². The molecule has 3 rings (SSSR count). The van der Waals surface area contributed by atoms with Gasteiger partial charge in [-0.2, -0.15) is 0 Å². The van der Waals surface area contributed by atoms with Crippen molar-refractivity contribution in [1.82, 2.24) is 0 Å². The van der Waals surface area contributed by atoms with Gasteiger partial charge in [0.25, 0.3) is 0 Å². The second kappa shape index (κ2) is 5.47. The Morgan fingerprint density at radius 3 is 2.63 bits per heavy atom. The fourth-order valence-corrected chi connectivity index (χ4v) is 3.47. The maximum atomic E-state index is 6.24. The van der Waals surface area contributed by atoms with Crippen LogP contribution in [-0.2, 0) is 6.42 Å². The van der Waals surface area contributed by atoms with Gasteiger partial charge in [-0.15, -0.1) is 0 Å². The Morgan fingerprint density at radius 1 is 1.05 bits per heavy atom. The minimum absolute atomic E-state index is 0.342. The maximum Gasteiger partial charge on any atom is 0.0638 e. The molecule has 1 N–H and O–H groups in total. The van der Waals surface area contributed by atoms with Crippen LogP contribution in [0.15, 0.2) is 45.3 Å². The van der Waals surface area contributed by atoms with Gasteiger partial charge < -0.3 is 5.32 Å². The summed E-state index contributed by atoms with van der Waals surface area (Å²) in [7, 11) is 0. The average molecular weight is 402 g/mol. The van der Waals surface area contributed by atoms with Gasteiger partial charge >= 0.3 is 0 Å². The highest BCUT2D eigenvalue weighted by Crippen LogP contribution is 2.37. The molecule has 2 aromatic carbocycles. The lowest BCUT2D eigenvalue weighted by Crippen LogP contribution is -2.07. The summed E-state index contributed by atoms with van der Waals surface area (Å²) in [6, 6.07) is 12.7. The SMILES string of the molecule is Clc1ccc(Br)cc1NC1CCc2cc(Br)ccc21. The molecule has 0 amide bonds. The predicted molar refractivity (Wildman–Crippen MR) is 88.0 cm³/mol.